The van der Waals surface area contributed by atoms with E-state index in [-0.39, 0.29) is 30.7 Å². The maximum atomic E-state index is 12.4. The van der Waals surface area contributed by atoms with Crippen molar-refractivity contribution >= 4 is 35.1 Å². The van der Waals surface area contributed by atoms with E-state index in [1.807, 2.05) is 30.3 Å². The highest BCUT2D eigenvalue weighted by Gasteiger charge is 2.25. The van der Waals surface area contributed by atoms with Crippen LogP contribution in [0, 0.1) is 0 Å². The molecule has 0 radical (unpaired) electrons. The van der Waals surface area contributed by atoms with E-state index in [2.05, 4.69) is 15.7 Å². The van der Waals surface area contributed by atoms with Crippen LogP contribution in [-0.2, 0) is 19.1 Å². The first-order chi connectivity index (χ1) is 16.5. The molecule has 1 heterocycles. The van der Waals surface area contributed by atoms with Crippen LogP contribution in [0.1, 0.15) is 48.0 Å². The minimum atomic E-state index is -0.658. The first-order valence-corrected chi connectivity index (χ1v) is 11.3. The summed E-state index contributed by atoms with van der Waals surface area (Å²) in [6.07, 6.45) is 2.35. The van der Waals surface area contributed by atoms with E-state index in [0.29, 0.717) is 24.2 Å². The van der Waals surface area contributed by atoms with Gasteiger partial charge >= 0.3 is 5.97 Å². The van der Waals surface area contributed by atoms with Gasteiger partial charge in [0.1, 0.15) is 0 Å². The van der Waals surface area contributed by atoms with Gasteiger partial charge in [0.15, 0.2) is 6.61 Å². The van der Waals surface area contributed by atoms with Crippen LogP contribution in [0.2, 0.25) is 0 Å². The van der Waals surface area contributed by atoms with Gasteiger partial charge in [-0.2, -0.15) is 5.10 Å². The number of nitrogens with one attached hydrogen (secondary N) is 2. The summed E-state index contributed by atoms with van der Waals surface area (Å²) in [6, 6.07) is 16.4. The predicted molar refractivity (Wildman–Crippen MR) is 125 cm³/mol. The highest BCUT2D eigenvalue weighted by Crippen LogP contribution is 2.21. The molecule has 2 N–H and O–H groups in total. The van der Waals surface area contributed by atoms with Crippen molar-refractivity contribution in [1.29, 1.82) is 0 Å². The molecular weight excluding hydrogens is 436 g/mol. The van der Waals surface area contributed by atoms with Crippen LogP contribution in [0.25, 0.3) is 0 Å². The van der Waals surface area contributed by atoms with Crippen molar-refractivity contribution in [3.05, 3.63) is 65.7 Å². The molecule has 0 saturated heterocycles. The second-order valence-corrected chi connectivity index (χ2v) is 8.18. The number of anilines is 1. The molecule has 1 aliphatic carbocycles. The number of carbonyl (C=O) groups is 4. The van der Waals surface area contributed by atoms with Crippen molar-refractivity contribution in [1.82, 2.24) is 10.3 Å². The summed E-state index contributed by atoms with van der Waals surface area (Å²) < 4.78 is 5.00. The van der Waals surface area contributed by atoms with E-state index < -0.39 is 18.5 Å². The van der Waals surface area contributed by atoms with Crippen LogP contribution in [0.15, 0.2) is 59.7 Å². The van der Waals surface area contributed by atoms with E-state index in [1.54, 1.807) is 24.3 Å². The molecule has 1 aliphatic heterocycles. The summed E-state index contributed by atoms with van der Waals surface area (Å²) in [4.78, 5) is 49.0. The van der Waals surface area contributed by atoms with Gasteiger partial charge in [0.05, 0.1) is 29.9 Å². The minimum Gasteiger partial charge on any atom is -0.456 e. The molecule has 1 fully saturated rings. The lowest BCUT2D eigenvalue weighted by Crippen LogP contribution is -2.28. The number of hydrazone groups is 1. The topological polar surface area (TPSA) is 117 Å². The third-order valence-electron chi connectivity index (χ3n) is 5.46. The van der Waals surface area contributed by atoms with Gasteiger partial charge in [-0.05, 0) is 30.5 Å². The largest absolute Gasteiger partial charge is 0.456 e. The molecule has 2 aliphatic rings. The molecule has 2 aromatic rings. The zero-order valence-electron chi connectivity index (χ0n) is 18.7. The van der Waals surface area contributed by atoms with E-state index in [1.165, 1.54) is 5.01 Å². The fourth-order valence-electron chi connectivity index (χ4n) is 3.49. The molecule has 9 nitrogen and oxygen atoms in total. The Morgan fingerprint density at radius 2 is 1.71 bits per heavy atom. The first-order valence-electron chi connectivity index (χ1n) is 11.3. The summed E-state index contributed by atoms with van der Waals surface area (Å²) in [7, 11) is 0. The molecule has 0 unspecified atom stereocenters. The summed E-state index contributed by atoms with van der Waals surface area (Å²) in [5, 5.41) is 11.2. The third kappa shape index (κ3) is 6.28. The normalized spacial score (nSPS) is 14.8. The predicted octanol–water partition coefficient (Wildman–Crippen LogP) is 2.48. The summed E-state index contributed by atoms with van der Waals surface area (Å²) in [5.41, 5.74) is 2.49. The summed E-state index contributed by atoms with van der Waals surface area (Å²) in [6.45, 7) is -0.0418. The Balaban J connectivity index is 1.20. The monoisotopic (exact) mass is 462 g/mol. The molecule has 2 aromatic carbocycles. The zero-order valence-corrected chi connectivity index (χ0v) is 18.7. The number of carbonyl (C=O) groups excluding carboxylic acids is 4. The number of hydrogen-bond acceptors (Lipinski definition) is 6. The van der Waals surface area contributed by atoms with Crippen molar-refractivity contribution in [3.63, 3.8) is 0 Å². The fourth-order valence-corrected chi connectivity index (χ4v) is 3.49. The van der Waals surface area contributed by atoms with Gasteiger partial charge in [-0.1, -0.05) is 42.5 Å². The average Bonchev–Trinajstić information content (AvgIpc) is 3.52. The Morgan fingerprint density at radius 1 is 0.971 bits per heavy atom. The highest BCUT2D eigenvalue weighted by molar-refractivity contribution is 6.04. The number of amides is 3. The van der Waals surface area contributed by atoms with Crippen LogP contribution >= 0.6 is 0 Å². The number of nitrogens with zero attached hydrogens (tertiary/aromatic N) is 2. The molecule has 0 aromatic heterocycles. The molecule has 0 bridgehead atoms. The molecule has 1 saturated carbocycles. The van der Waals surface area contributed by atoms with E-state index in [4.69, 9.17) is 4.74 Å². The fraction of sp³-hybridized carbons (Fsp3) is 0.320. The molecule has 0 spiro atoms. The molecule has 0 atom stereocenters. The molecular formula is C25H26N4O5. The van der Waals surface area contributed by atoms with E-state index >= 15 is 0 Å². The van der Waals surface area contributed by atoms with Crippen molar-refractivity contribution in [2.75, 3.05) is 18.5 Å². The third-order valence-corrected chi connectivity index (χ3v) is 5.46. The summed E-state index contributed by atoms with van der Waals surface area (Å²) in [5.74, 6) is -1.76. The van der Waals surface area contributed by atoms with Gasteiger partial charge in [0, 0.05) is 18.9 Å². The lowest BCUT2D eigenvalue weighted by Gasteiger charge is -2.12. The number of esters is 1. The molecule has 34 heavy (non-hydrogen) atoms. The Bertz CT molecular complexity index is 1110. The van der Waals surface area contributed by atoms with Gasteiger partial charge in [0.2, 0.25) is 5.91 Å². The number of para-hydroxylation sites is 1. The number of hydrogen-bond donors (Lipinski definition) is 2. The highest BCUT2D eigenvalue weighted by atomic mass is 16.5. The van der Waals surface area contributed by atoms with Gasteiger partial charge in [-0.25, -0.2) is 5.01 Å². The SMILES string of the molecule is O=C(COC(=O)CCC(=O)N1CCC(c2ccccc2)=N1)Nc1ccccc1C(=O)NC1CC1. The number of benzene rings is 2. The minimum absolute atomic E-state index is 0.0593. The maximum absolute atomic E-state index is 12.4. The maximum Gasteiger partial charge on any atom is 0.306 e. The smallest absolute Gasteiger partial charge is 0.306 e. The van der Waals surface area contributed by atoms with Gasteiger partial charge < -0.3 is 15.4 Å². The standard InChI is InChI=1S/C25H26N4O5/c30-22(27-21-9-5-4-8-19(21)25(33)26-18-10-11-18)16-34-24(32)13-12-23(31)29-15-14-20(28-29)17-6-2-1-3-7-17/h1-9,18H,10-16H2,(H,26,33)(H,27,30). The number of ether oxygens (including phenoxy) is 1. The Morgan fingerprint density at radius 3 is 2.47 bits per heavy atom. The van der Waals surface area contributed by atoms with Crippen molar-refractivity contribution in [3.8, 4) is 0 Å². The van der Waals surface area contributed by atoms with Crippen LogP contribution in [0.4, 0.5) is 5.69 Å². The van der Waals surface area contributed by atoms with E-state index in [0.717, 1.165) is 24.1 Å². The van der Waals surface area contributed by atoms with Crippen LogP contribution < -0.4 is 10.6 Å². The Labute approximate surface area is 197 Å². The van der Waals surface area contributed by atoms with Crippen molar-refractivity contribution in [2.24, 2.45) is 5.10 Å². The van der Waals surface area contributed by atoms with Crippen molar-refractivity contribution in [2.45, 2.75) is 38.1 Å². The van der Waals surface area contributed by atoms with Crippen LogP contribution in [0.5, 0.6) is 0 Å². The molecule has 3 amide bonds. The second kappa shape index (κ2) is 10.7. The van der Waals surface area contributed by atoms with Gasteiger partial charge in [-0.15, -0.1) is 0 Å². The Kier molecular flexibility index (Phi) is 7.31. The zero-order chi connectivity index (χ0) is 23.9. The Hall–Kier alpha value is -4.01. The summed E-state index contributed by atoms with van der Waals surface area (Å²) >= 11 is 0. The average molecular weight is 463 g/mol. The number of rotatable bonds is 9. The van der Waals surface area contributed by atoms with Gasteiger partial charge in [-0.3, -0.25) is 19.2 Å². The van der Waals surface area contributed by atoms with Crippen LogP contribution in [0.3, 0.4) is 0 Å². The molecule has 9 heteroatoms. The molecule has 176 valence electrons. The van der Waals surface area contributed by atoms with Gasteiger partial charge in [0.25, 0.3) is 11.8 Å². The van der Waals surface area contributed by atoms with Crippen LogP contribution in [-0.4, -0.2) is 53.6 Å². The quantitative estimate of drug-likeness (QED) is 0.555. The van der Waals surface area contributed by atoms with Crippen molar-refractivity contribution < 1.29 is 23.9 Å². The second-order valence-electron chi connectivity index (χ2n) is 8.18. The van der Waals surface area contributed by atoms with E-state index in [9.17, 15) is 19.2 Å². The lowest BCUT2D eigenvalue weighted by molar-refractivity contribution is -0.148. The first kappa shape index (κ1) is 23.2. The molecule has 4 rings (SSSR count). The lowest BCUT2D eigenvalue weighted by atomic mass is 10.1.